The Labute approximate surface area is 166 Å². The SMILES string of the molecule is O=C(Cl)C12C3CCCCC3C(C(=O)Cl)(C3CCCCC31)C1CCCCC12. The highest BCUT2D eigenvalue weighted by Crippen LogP contribution is 2.79. The van der Waals surface area contributed by atoms with E-state index in [0.717, 1.165) is 38.5 Å². The summed E-state index contributed by atoms with van der Waals surface area (Å²) in [5.74, 6) is 1.76. The van der Waals surface area contributed by atoms with Crippen molar-refractivity contribution in [1.82, 2.24) is 0 Å². The molecule has 0 saturated heterocycles. The maximum absolute atomic E-state index is 13.3. The second-order valence-electron chi connectivity index (χ2n) is 9.91. The Morgan fingerprint density at radius 3 is 0.846 bits per heavy atom. The highest BCUT2D eigenvalue weighted by Gasteiger charge is 2.78. The lowest BCUT2D eigenvalue weighted by atomic mass is 9.28. The number of hydrogen-bond donors (Lipinski definition) is 0. The smallest absolute Gasteiger partial charge is 0.228 e. The molecule has 2 bridgehead atoms. The van der Waals surface area contributed by atoms with Crippen LogP contribution in [-0.4, -0.2) is 10.5 Å². The van der Waals surface area contributed by atoms with Crippen LogP contribution in [0.4, 0.5) is 0 Å². The second kappa shape index (κ2) is 6.21. The van der Waals surface area contributed by atoms with Crippen molar-refractivity contribution in [3.8, 4) is 0 Å². The van der Waals surface area contributed by atoms with Gasteiger partial charge in [-0.2, -0.15) is 0 Å². The Kier molecular flexibility index (Phi) is 4.29. The number of halogens is 2. The van der Waals surface area contributed by atoms with Gasteiger partial charge in [-0.1, -0.05) is 38.5 Å². The normalized spacial score (nSPS) is 52.5. The van der Waals surface area contributed by atoms with Crippen molar-refractivity contribution in [2.75, 3.05) is 0 Å². The van der Waals surface area contributed by atoms with Gasteiger partial charge in [0.2, 0.25) is 10.5 Å². The van der Waals surface area contributed by atoms with Crippen molar-refractivity contribution < 1.29 is 9.59 Å². The van der Waals surface area contributed by atoms with Crippen molar-refractivity contribution in [2.45, 2.75) is 77.0 Å². The maximum Gasteiger partial charge on any atom is 0.228 e. The van der Waals surface area contributed by atoms with Gasteiger partial charge in [0.05, 0.1) is 10.8 Å². The molecule has 6 aliphatic carbocycles. The Bertz CT molecular complexity index is 513. The molecule has 0 aromatic heterocycles. The average molecular weight is 397 g/mol. The molecule has 0 amide bonds. The van der Waals surface area contributed by atoms with E-state index in [9.17, 15) is 9.59 Å². The summed E-state index contributed by atoms with van der Waals surface area (Å²) in [6.07, 6.45) is 13.5. The van der Waals surface area contributed by atoms with E-state index >= 15 is 0 Å². The van der Waals surface area contributed by atoms with Crippen molar-refractivity contribution in [1.29, 1.82) is 0 Å². The van der Waals surface area contributed by atoms with Crippen LogP contribution in [0.3, 0.4) is 0 Å². The maximum atomic E-state index is 13.3. The van der Waals surface area contributed by atoms with Gasteiger partial charge in [-0.3, -0.25) is 9.59 Å². The summed E-state index contributed by atoms with van der Waals surface area (Å²) in [7, 11) is 0. The van der Waals surface area contributed by atoms with Gasteiger partial charge in [0, 0.05) is 0 Å². The fraction of sp³-hybridized carbons (Fsp3) is 0.909. The molecule has 6 unspecified atom stereocenters. The Balaban J connectivity index is 1.79. The van der Waals surface area contributed by atoms with Crippen LogP contribution in [0.25, 0.3) is 0 Å². The van der Waals surface area contributed by atoms with Crippen LogP contribution in [0.15, 0.2) is 0 Å². The summed E-state index contributed by atoms with van der Waals surface area (Å²) >= 11 is 13.1. The van der Waals surface area contributed by atoms with Crippen molar-refractivity contribution >= 4 is 33.7 Å². The molecule has 0 radical (unpaired) electrons. The molecule has 6 aliphatic rings. The molecular weight excluding hydrogens is 367 g/mol. The van der Waals surface area contributed by atoms with Gasteiger partial charge in [-0.15, -0.1) is 0 Å². The molecular formula is C22H30Cl2O2. The number of carbonyl (C=O) groups is 2. The summed E-state index contributed by atoms with van der Waals surface area (Å²) in [6, 6.07) is 0. The molecule has 0 aromatic rings. The fourth-order valence-electron chi connectivity index (χ4n) is 9.35. The lowest BCUT2D eigenvalue weighted by molar-refractivity contribution is -0.269. The third kappa shape index (κ3) is 1.92. The van der Waals surface area contributed by atoms with Gasteiger partial charge < -0.3 is 0 Å². The zero-order valence-electron chi connectivity index (χ0n) is 15.5. The zero-order chi connectivity index (χ0) is 18.1. The summed E-state index contributed by atoms with van der Waals surface area (Å²) in [6.45, 7) is 0. The lowest BCUT2D eigenvalue weighted by Crippen LogP contribution is -2.75. The Hall–Kier alpha value is -0.0800. The van der Waals surface area contributed by atoms with Gasteiger partial charge in [0.15, 0.2) is 0 Å². The molecule has 0 aromatic carbocycles. The fourth-order valence-corrected chi connectivity index (χ4v) is 10.2. The Morgan fingerprint density at radius 2 is 0.692 bits per heavy atom. The van der Waals surface area contributed by atoms with E-state index in [1.54, 1.807) is 0 Å². The van der Waals surface area contributed by atoms with E-state index in [0.29, 0.717) is 35.5 Å². The molecule has 0 heterocycles. The summed E-state index contributed by atoms with van der Waals surface area (Å²) in [5, 5.41) is -0.114. The van der Waals surface area contributed by atoms with E-state index in [1.807, 2.05) is 0 Å². The third-order valence-corrected chi connectivity index (χ3v) is 10.3. The lowest BCUT2D eigenvalue weighted by Gasteiger charge is -2.75. The minimum atomic E-state index is -0.364. The number of rotatable bonds is 2. The minimum absolute atomic E-state index is 0.0569. The molecule has 6 saturated carbocycles. The topological polar surface area (TPSA) is 34.1 Å². The second-order valence-corrected chi connectivity index (χ2v) is 10.6. The number of carbonyl (C=O) groups excluding carboxylic acids is 2. The van der Waals surface area contributed by atoms with Crippen LogP contribution in [0, 0.1) is 46.3 Å². The predicted octanol–water partition coefficient (Wildman–Crippen LogP) is 5.94. The molecule has 2 nitrogen and oxygen atoms in total. The van der Waals surface area contributed by atoms with Crippen molar-refractivity contribution in [3.63, 3.8) is 0 Å². The first-order valence-electron chi connectivity index (χ1n) is 11.0. The van der Waals surface area contributed by atoms with Gasteiger partial charge in [-0.25, -0.2) is 0 Å². The van der Waals surface area contributed by atoms with Gasteiger partial charge in [-0.05, 0) is 97.2 Å². The van der Waals surface area contributed by atoms with Gasteiger partial charge in [0.25, 0.3) is 0 Å². The summed E-state index contributed by atoms with van der Waals surface area (Å²) in [5.41, 5.74) is -0.728. The van der Waals surface area contributed by atoms with Crippen LogP contribution in [0.2, 0.25) is 0 Å². The van der Waals surface area contributed by atoms with E-state index < -0.39 is 0 Å². The molecule has 6 rings (SSSR count). The monoisotopic (exact) mass is 396 g/mol. The van der Waals surface area contributed by atoms with Gasteiger partial charge >= 0.3 is 0 Å². The molecule has 0 N–H and O–H groups in total. The molecule has 6 atom stereocenters. The van der Waals surface area contributed by atoms with E-state index in [4.69, 9.17) is 23.2 Å². The molecule has 0 spiro atoms. The predicted molar refractivity (Wildman–Crippen MR) is 103 cm³/mol. The largest absolute Gasteiger partial charge is 0.281 e. The van der Waals surface area contributed by atoms with Crippen LogP contribution < -0.4 is 0 Å². The van der Waals surface area contributed by atoms with Crippen LogP contribution in [-0.2, 0) is 9.59 Å². The van der Waals surface area contributed by atoms with Crippen LogP contribution in [0.5, 0.6) is 0 Å². The molecule has 4 heteroatoms. The summed E-state index contributed by atoms with van der Waals surface area (Å²) < 4.78 is 0. The Morgan fingerprint density at radius 1 is 0.500 bits per heavy atom. The van der Waals surface area contributed by atoms with Crippen molar-refractivity contribution in [2.24, 2.45) is 46.3 Å². The highest BCUT2D eigenvalue weighted by atomic mass is 35.5. The molecule has 6 fully saturated rings. The highest BCUT2D eigenvalue weighted by molar-refractivity contribution is 6.65. The standard InChI is InChI=1S/C22H30Cl2O2/c23-19(25)21-13-7-1-2-8-14(13)22(20(24)26,17-11-5-3-9-15(17)21)18-12-6-4-10-16(18)21/h13-18H,1-12H2. The third-order valence-electron chi connectivity index (χ3n) is 9.66. The van der Waals surface area contributed by atoms with E-state index in [1.165, 1.54) is 38.5 Å². The van der Waals surface area contributed by atoms with Crippen molar-refractivity contribution in [3.05, 3.63) is 0 Å². The zero-order valence-corrected chi connectivity index (χ0v) is 17.0. The first-order chi connectivity index (χ1) is 12.6. The minimum Gasteiger partial charge on any atom is -0.281 e. The first-order valence-corrected chi connectivity index (χ1v) is 11.7. The van der Waals surface area contributed by atoms with Gasteiger partial charge in [0.1, 0.15) is 0 Å². The van der Waals surface area contributed by atoms with Crippen LogP contribution >= 0.6 is 23.2 Å². The number of hydrogen-bond acceptors (Lipinski definition) is 2. The quantitative estimate of drug-likeness (QED) is 0.541. The first kappa shape index (κ1) is 18.0. The molecule has 0 aliphatic heterocycles. The van der Waals surface area contributed by atoms with Crippen LogP contribution in [0.1, 0.15) is 77.0 Å². The van der Waals surface area contributed by atoms with E-state index in [-0.39, 0.29) is 21.3 Å². The van der Waals surface area contributed by atoms with E-state index in [2.05, 4.69) is 0 Å². The molecule has 26 heavy (non-hydrogen) atoms. The average Bonchev–Trinajstić information content (AvgIpc) is 2.67. The molecule has 144 valence electrons. The summed E-state index contributed by atoms with van der Waals surface area (Å²) in [4.78, 5) is 26.5.